The Morgan fingerprint density at radius 3 is 1.73 bits per heavy atom. The molecule has 2 nitrogen and oxygen atoms in total. The van der Waals surface area contributed by atoms with E-state index in [0.717, 1.165) is 44.4 Å². The number of furan rings is 1. The van der Waals surface area contributed by atoms with Crippen molar-refractivity contribution in [2.24, 2.45) is 0 Å². The predicted octanol–water partition coefficient (Wildman–Crippen LogP) is 15.5. The molecule has 11 rings (SSSR count). The van der Waals surface area contributed by atoms with Crippen LogP contribution in [0.25, 0.3) is 87.6 Å². The molecule has 0 atom stereocenters. The Balaban J connectivity index is 1.07. The minimum absolute atomic E-state index is 0.908. The molecule has 56 heavy (non-hydrogen) atoms. The lowest BCUT2D eigenvalue weighted by atomic mass is 9.93. The van der Waals surface area contributed by atoms with Crippen LogP contribution in [0.5, 0.6) is 0 Å². The largest absolute Gasteiger partial charge is 0.456 e. The first-order valence-corrected chi connectivity index (χ1v) is 19.2. The third-order valence-electron chi connectivity index (χ3n) is 11.2. The lowest BCUT2D eigenvalue weighted by Crippen LogP contribution is -2.10. The molecule has 11 aromatic rings. The molecule has 0 aliphatic rings. The zero-order valence-corrected chi connectivity index (χ0v) is 30.6. The number of nitrogens with zero attached hydrogens (tertiary/aromatic N) is 1. The van der Waals surface area contributed by atoms with Crippen molar-refractivity contribution in [1.29, 1.82) is 0 Å². The number of anilines is 3. The van der Waals surface area contributed by atoms with Crippen molar-refractivity contribution in [1.82, 2.24) is 0 Å². The van der Waals surface area contributed by atoms with Crippen LogP contribution >= 0.6 is 0 Å². The maximum atomic E-state index is 6.26. The van der Waals surface area contributed by atoms with Crippen molar-refractivity contribution in [3.8, 4) is 33.4 Å². The fraction of sp³-hybridized carbons (Fsp3) is 0. The van der Waals surface area contributed by atoms with E-state index in [1.165, 1.54) is 60.3 Å². The van der Waals surface area contributed by atoms with Crippen LogP contribution in [-0.4, -0.2) is 0 Å². The number of benzene rings is 10. The summed E-state index contributed by atoms with van der Waals surface area (Å²) in [5, 5.41) is 9.67. The van der Waals surface area contributed by atoms with Crippen LogP contribution in [0.2, 0.25) is 0 Å². The van der Waals surface area contributed by atoms with Gasteiger partial charge in [0.15, 0.2) is 0 Å². The molecular weight excluding hydrogens is 679 g/mol. The van der Waals surface area contributed by atoms with Gasteiger partial charge in [0.25, 0.3) is 0 Å². The van der Waals surface area contributed by atoms with Gasteiger partial charge in [-0.05, 0) is 126 Å². The Morgan fingerprint density at radius 2 is 0.893 bits per heavy atom. The van der Waals surface area contributed by atoms with E-state index in [0.29, 0.717) is 0 Å². The Morgan fingerprint density at radius 1 is 0.286 bits per heavy atom. The second kappa shape index (κ2) is 13.2. The van der Waals surface area contributed by atoms with Gasteiger partial charge in [0, 0.05) is 27.8 Å². The summed E-state index contributed by atoms with van der Waals surface area (Å²) in [5.41, 5.74) is 12.3. The van der Waals surface area contributed by atoms with E-state index in [-0.39, 0.29) is 0 Å². The Labute approximate surface area is 325 Å². The monoisotopic (exact) mass is 713 g/mol. The van der Waals surface area contributed by atoms with E-state index >= 15 is 0 Å². The van der Waals surface area contributed by atoms with Crippen molar-refractivity contribution >= 4 is 71.3 Å². The number of hydrogen-bond donors (Lipinski definition) is 0. The van der Waals surface area contributed by atoms with Crippen LogP contribution in [0.3, 0.4) is 0 Å². The topological polar surface area (TPSA) is 16.4 Å². The molecule has 0 unspecified atom stereocenters. The number of hydrogen-bond acceptors (Lipinski definition) is 2. The Bertz CT molecular complexity index is 3250. The van der Waals surface area contributed by atoms with Crippen molar-refractivity contribution in [3.63, 3.8) is 0 Å². The van der Waals surface area contributed by atoms with E-state index in [4.69, 9.17) is 4.42 Å². The predicted molar refractivity (Wildman–Crippen MR) is 237 cm³/mol. The molecule has 0 N–H and O–H groups in total. The van der Waals surface area contributed by atoms with Gasteiger partial charge in [-0.3, -0.25) is 0 Å². The van der Waals surface area contributed by atoms with Crippen LogP contribution in [0.1, 0.15) is 0 Å². The zero-order chi connectivity index (χ0) is 37.0. The van der Waals surface area contributed by atoms with E-state index in [9.17, 15) is 0 Å². The van der Waals surface area contributed by atoms with Gasteiger partial charge < -0.3 is 9.32 Å². The smallest absolute Gasteiger partial charge is 0.136 e. The molecule has 0 aliphatic carbocycles. The lowest BCUT2D eigenvalue weighted by Gasteiger charge is -2.27. The SMILES string of the molecule is c1ccc(-c2cccc(-c3ccc(N(c4cccc(-c5cc6ccccc6c6ccccc56)c4)c4ccc5c(ccc6oc7ccccc7c65)c4)cc3)c2)cc1. The molecular formula is C54H35NO. The molecule has 0 spiro atoms. The van der Waals surface area contributed by atoms with Gasteiger partial charge in [-0.15, -0.1) is 0 Å². The molecule has 0 saturated carbocycles. The van der Waals surface area contributed by atoms with Crippen molar-refractivity contribution < 1.29 is 4.42 Å². The first-order valence-electron chi connectivity index (χ1n) is 19.2. The summed E-state index contributed by atoms with van der Waals surface area (Å²) in [7, 11) is 0. The fourth-order valence-corrected chi connectivity index (χ4v) is 8.54. The van der Waals surface area contributed by atoms with Crippen LogP contribution in [0.15, 0.2) is 217 Å². The molecule has 0 fully saturated rings. The number of para-hydroxylation sites is 1. The molecule has 0 aliphatic heterocycles. The third-order valence-corrected chi connectivity index (χ3v) is 11.2. The van der Waals surface area contributed by atoms with Gasteiger partial charge in [0.1, 0.15) is 11.2 Å². The molecule has 0 bridgehead atoms. The highest BCUT2D eigenvalue weighted by Crippen LogP contribution is 2.43. The molecule has 262 valence electrons. The van der Waals surface area contributed by atoms with Gasteiger partial charge >= 0.3 is 0 Å². The molecule has 10 aromatic carbocycles. The van der Waals surface area contributed by atoms with Crippen molar-refractivity contribution in [2.75, 3.05) is 4.90 Å². The van der Waals surface area contributed by atoms with Gasteiger partial charge in [-0.1, -0.05) is 152 Å². The Kier molecular flexibility index (Phi) is 7.53. The zero-order valence-electron chi connectivity index (χ0n) is 30.6. The van der Waals surface area contributed by atoms with Gasteiger partial charge in [-0.25, -0.2) is 0 Å². The van der Waals surface area contributed by atoms with Crippen LogP contribution in [0.4, 0.5) is 17.1 Å². The highest BCUT2D eigenvalue weighted by Gasteiger charge is 2.18. The molecule has 0 saturated heterocycles. The second-order valence-electron chi connectivity index (χ2n) is 14.5. The minimum Gasteiger partial charge on any atom is -0.456 e. The average Bonchev–Trinajstić information content (AvgIpc) is 3.66. The normalized spacial score (nSPS) is 11.6. The molecule has 1 heterocycles. The van der Waals surface area contributed by atoms with Crippen molar-refractivity contribution in [3.05, 3.63) is 212 Å². The summed E-state index contributed by atoms with van der Waals surface area (Å²) in [6, 6.07) is 76.6. The summed E-state index contributed by atoms with van der Waals surface area (Å²) in [5.74, 6) is 0. The van der Waals surface area contributed by atoms with Gasteiger partial charge in [-0.2, -0.15) is 0 Å². The van der Waals surface area contributed by atoms with Gasteiger partial charge in [0.05, 0.1) is 0 Å². The maximum Gasteiger partial charge on any atom is 0.136 e. The first kappa shape index (κ1) is 32.0. The molecule has 0 amide bonds. The van der Waals surface area contributed by atoms with Crippen molar-refractivity contribution in [2.45, 2.75) is 0 Å². The highest BCUT2D eigenvalue weighted by molar-refractivity contribution is 6.19. The van der Waals surface area contributed by atoms with Crippen LogP contribution < -0.4 is 4.90 Å². The first-order chi connectivity index (χ1) is 27.7. The molecule has 2 heteroatoms. The minimum atomic E-state index is 0.908. The number of fused-ring (bicyclic) bond motifs is 8. The highest BCUT2D eigenvalue weighted by atomic mass is 16.3. The van der Waals surface area contributed by atoms with Crippen LogP contribution in [-0.2, 0) is 0 Å². The average molecular weight is 714 g/mol. The Hall–Kier alpha value is -7.42. The summed E-state index contributed by atoms with van der Waals surface area (Å²) in [4.78, 5) is 2.38. The van der Waals surface area contributed by atoms with E-state index in [1.54, 1.807) is 0 Å². The standard InChI is InChI=1S/C54H35NO/c1-2-12-36(13-3-1)38-15-10-16-39(32-38)37-24-27-43(28-25-37)55(45-29-30-47-42(34-45)26-31-53-54(47)50-22-8-9-23-52(50)56-53)44-18-11-17-40(33-44)51-35-41-14-4-5-19-46(41)48-20-6-7-21-49(48)51/h1-35H. The number of rotatable bonds is 6. The molecule has 0 radical (unpaired) electrons. The quantitative estimate of drug-likeness (QED) is 0.160. The van der Waals surface area contributed by atoms with Gasteiger partial charge in [0.2, 0.25) is 0 Å². The summed E-state index contributed by atoms with van der Waals surface area (Å²) in [6.07, 6.45) is 0. The summed E-state index contributed by atoms with van der Waals surface area (Å²) < 4.78 is 6.26. The third kappa shape index (κ3) is 5.42. The van der Waals surface area contributed by atoms with Crippen LogP contribution in [0, 0.1) is 0 Å². The maximum absolute atomic E-state index is 6.26. The van der Waals surface area contributed by atoms with E-state index in [1.807, 2.05) is 12.1 Å². The fourth-order valence-electron chi connectivity index (χ4n) is 8.54. The summed E-state index contributed by atoms with van der Waals surface area (Å²) in [6.45, 7) is 0. The van der Waals surface area contributed by atoms with E-state index < -0.39 is 0 Å². The van der Waals surface area contributed by atoms with E-state index in [2.05, 4.69) is 205 Å². The second-order valence-corrected chi connectivity index (χ2v) is 14.5. The lowest BCUT2D eigenvalue weighted by molar-refractivity contribution is 0.669. The molecule has 1 aromatic heterocycles. The summed E-state index contributed by atoms with van der Waals surface area (Å²) >= 11 is 0.